The van der Waals surface area contributed by atoms with E-state index in [1.165, 1.54) is 12.1 Å². The lowest BCUT2D eigenvalue weighted by atomic mass is 9.88. The number of nitrogens with two attached hydrogens (primary N) is 1. The fourth-order valence-corrected chi connectivity index (χ4v) is 1.88. The van der Waals surface area contributed by atoms with Gasteiger partial charge < -0.3 is 11.1 Å². The maximum absolute atomic E-state index is 13.4. The van der Waals surface area contributed by atoms with Crippen molar-refractivity contribution in [3.8, 4) is 0 Å². The SMILES string of the molecule is CC(C)C(C)(CN)NC(=O)c1cccc(F)c1Br. The molecule has 0 bridgehead atoms. The molecule has 0 aliphatic rings. The van der Waals surface area contributed by atoms with E-state index in [2.05, 4.69) is 21.2 Å². The summed E-state index contributed by atoms with van der Waals surface area (Å²) in [7, 11) is 0. The van der Waals surface area contributed by atoms with Crippen molar-refractivity contribution in [3.05, 3.63) is 34.1 Å². The van der Waals surface area contributed by atoms with E-state index in [1.807, 2.05) is 20.8 Å². The number of rotatable bonds is 4. The Kier molecular flexibility index (Phi) is 4.87. The first-order chi connectivity index (χ1) is 8.31. The molecule has 0 radical (unpaired) electrons. The summed E-state index contributed by atoms with van der Waals surface area (Å²) < 4.78 is 13.5. The summed E-state index contributed by atoms with van der Waals surface area (Å²) >= 11 is 3.08. The van der Waals surface area contributed by atoms with E-state index in [4.69, 9.17) is 5.73 Å². The normalized spacial score (nSPS) is 14.4. The second-order valence-electron chi connectivity index (χ2n) is 4.83. The fraction of sp³-hybridized carbons (Fsp3) is 0.462. The molecule has 100 valence electrons. The predicted molar refractivity (Wildman–Crippen MR) is 73.9 cm³/mol. The molecule has 0 heterocycles. The van der Waals surface area contributed by atoms with Gasteiger partial charge in [0.2, 0.25) is 0 Å². The number of carbonyl (C=O) groups is 1. The smallest absolute Gasteiger partial charge is 0.253 e. The highest BCUT2D eigenvalue weighted by atomic mass is 79.9. The van der Waals surface area contributed by atoms with Gasteiger partial charge in [0.25, 0.3) is 5.91 Å². The Labute approximate surface area is 115 Å². The van der Waals surface area contributed by atoms with Crippen molar-refractivity contribution < 1.29 is 9.18 Å². The first kappa shape index (κ1) is 15.1. The topological polar surface area (TPSA) is 55.1 Å². The van der Waals surface area contributed by atoms with Gasteiger partial charge in [-0.1, -0.05) is 19.9 Å². The van der Waals surface area contributed by atoms with Crippen molar-refractivity contribution in [2.45, 2.75) is 26.3 Å². The van der Waals surface area contributed by atoms with Crippen molar-refractivity contribution >= 4 is 21.8 Å². The largest absolute Gasteiger partial charge is 0.345 e. The Hall–Kier alpha value is -0.940. The zero-order chi connectivity index (χ0) is 13.9. The Morgan fingerprint density at radius 3 is 2.67 bits per heavy atom. The molecule has 18 heavy (non-hydrogen) atoms. The molecule has 0 aromatic heterocycles. The van der Waals surface area contributed by atoms with Crippen LogP contribution < -0.4 is 11.1 Å². The van der Waals surface area contributed by atoms with E-state index >= 15 is 0 Å². The molecule has 0 aliphatic carbocycles. The average Bonchev–Trinajstić information content (AvgIpc) is 2.32. The third kappa shape index (κ3) is 3.09. The second kappa shape index (κ2) is 5.80. The monoisotopic (exact) mass is 316 g/mol. The summed E-state index contributed by atoms with van der Waals surface area (Å²) in [6.45, 7) is 6.16. The molecule has 0 fully saturated rings. The summed E-state index contributed by atoms with van der Waals surface area (Å²) in [4.78, 5) is 12.1. The van der Waals surface area contributed by atoms with Gasteiger partial charge in [-0.05, 0) is 40.9 Å². The van der Waals surface area contributed by atoms with Crippen LogP contribution in [0.25, 0.3) is 0 Å². The maximum Gasteiger partial charge on any atom is 0.253 e. The molecule has 3 N–H and O–H groups in total. The number of hydrogen-bond acceptors (Lipinski definition) is 2. The van der Waals surface area contributed by atoms with E-state index < -0.39 is 11.4 Å². The molecular formula is C13H18BrFN2O. The quantitative estimate of drug-likeness (QED) is 0.897. The van der Waals surface area contributed by atoms with E-state index in [0.717, 1.165) is 0 Å². The lowest BCUT2D eigenvalue weighted by Gasteiger charge is -2.33. The van der Waals surface area contributed by atoms with Crippen molar-refractivity contribution in [2.75, 3.05) is 6.54 Å². The third-order valence-electron chi connectivity index (χ3n) is 3.29. The molecule has 1 atom stereocenters. The summed E-state index contributed by atoms with van der Waals surface area (Å²) in [6.07, 6.45) is 0. The Balaban J connectivity index is 2.99. The molecule has 0 spiro atoms. The van der Waals surface area contributed by atoms with Crippen LogP contribution >= 0.6 is 15.9 Å². The summed E-state index contributed by atoms with van der Waals surface area (Å²) in [5.74, 6) is -0.608. The molecule has 1 aromatic rings. The number of carbonyl (C=O) groups excluding carboxylic acids is 1. The second-order valence-corrected chi connectivity index (χ2v) is 5.62. The van der Waals surface area contributed by atoms with Crippen molar-refractivity contribution in [2.24, 2.45) is 11.7 Å². The van der Waals surface area contributed by atoms with Crippen molar-refractivity contribution in [1.29, 1.82) is 0 Å². The third-order valence-corrected chi connectivity index (χ3v) is 4.10. The average molecular weight is 317 g/mol. The van der Waals surface area contributed by atoms with Gasteiger partial charge in [-0.2, -0.15) is 0 Å². The fourth-order valence-electron chi connectivity index (χ4n) is 1.44. The molecule has 1 amide bonds. The van der Waals surface area contributed by atoms with Crippen LogP contribution in [0.1, 0.15) is 31.1 Å². The number of hydrogen-bond donors (Lipinski definition) is 2. The van der Waals surface area contributed by atoms with Gasteiger partial charge >= 0.3 is 0 Å². The maximum atomic E-state index is 13.4. The Morgan fingerprint density at radius 1 is 1.56 bits per heavy atom. The molecule has 0 saturated carbocycles. The van der Waals surface area contributed by atoms with Crippen LogP contribution in [-0.2, 0) is 0 Å². The predicted octanol–water partition coefficient (Wildman–Crippen LogP) is 2.69. The number of benzene rings is 1. The standard InChI is InChI=1S/C13H18BrFN2O/c1-8(2)13(3,7-16)17-12(18)9-5-4-6-10(15)11(9)14/h4-6,8H,7,16H2,1-3H3,(H,17,18). The lowest BCUT2D eigenvalue weighted by Crippen LogP contribution is -2.55. The minimum Gasteiger partial charge on any atom is -0.345 e. The Morgan fingerprint density at radius 2 is 2.17 bits per heavy atom. The first-order valence-electron chi connectivity index (χ1n) is 5.78. The van der Waals surface area contributed by atoms with Crippen LogP contribution in [-0.4, -0.2) is 18.0 Å². The molecule has 1 aromatic carbocycles. The highest BCUT2D eigenvalue weighted by Crippen LogP contribution is 2.22. The van der Waals surface area contributed by atoms with Gasteiger partial charge in [0.1, 0.15) is 5.82 Å². The molecule has 1 unspecified atom stereocenters. The number of amides is 1. The number of halogens is 2. The summed E-state index contributed by atoms with van der Waals surface area (Å²) in [6, 6.07) is 4.37. The van der Waals surface area contributed by atoms with E-state index in [-0.39, 0.29) is 21.9 Å². The van der Waals surface area contributed by atoms with Gasteiger partial charge in [0, 0.05) is 6.54 Å². The number of nitrogens with one attached hydrogen (secondary N) is 1. The van der Waals surface area contributed by atoms with Crippen LogP contribution in [0.5, 0.6) is 0 Å². The van der Waals surface area contributed by atoms with Crippen LogP contribution in [0.4, 0.5) is 4.39 Å². The molecule has 1 rings (SSSR count). The van der Waals surface area contributed by atoms with Crippen LogP contribution in [0.15, 0.2) is 22.7 Å². The molecule has 3 nitrogen and oxygen atoms in total. The van der Waals surface area contributed by atoms with Crippen molar-refractivity contribution in [3.63, 3.8) is 0 Å². The highest BCUT2D eigenvalue weighted by molar-refractivity contribution is 9.10. The minimum absolute atomic E-state index is 0.172. The molecule has 0 aliphatic heterocycles. The van der Waals surface area contributed by atoms with E-state index in [9.17, 15) is 9.18 Å². The van der Waals surface area contributed by atoms with Gasteiger partial charge in [0.05, 0.1) is 15.6 Å². The lowest BCUT2D eigenvalue weighted by molar-refractivity contribution is 0.0882. The summed E-state index contributed by atoms with van der Waals surface area (Å²) in [5, 5.41) is 2.87. The van der Waals surface area contributed by atoms with Gasteiger partial charge in [-0.25, -0.2) is 4.39 Å². The van der Waals surface area contributed by atoms with Crippen LogP contribution in [0.2, 0.25) is 0 Å². The van der Waals surface area contributed by atoms with Gasteiger partial charge in [-0.15, -0.1) is 0 Å². The van der Waals surface area contributed by atoms with Gasteiger partial charge in [0.15, 0.2) is 0 Å². The van der Waals surface area contributed by atoms with Crippen molar-refractivity contribution in [1.82, 2.24) is 5.32 Å². The molecular weight excluding hydrogens is 299 g/mol. The highest BCUT2D eigenvalue weighted by Gasteiger charge is 2.29. The van der Waals surface area contributed by atoms with E-state index in [0.29, 0.717) is 6.54 Å². The van der Waals surface area contributed by atoms with E-state index in [1.54, 1.807) is 6.07 Å². The summed E-state index contributed by atoms with van der Waals surface area (Å²) in [5.41, 5.74) is 5.46. The first-order valence-corrected chi connectivity index (χ1v) is 6.57. The zero-order valence-electron chi connectivity index (χ0n) is 10.8. The van der Waals surface area contributed by atoms with Gasteiger partial charge in [-0.3, -0.25) is 4.79 Å². The Bertz CT molecular complexity index is 451. The molecule has 0 saturated heterocycles. The minimum atomic E-state index is -0.511. The zero-order valence-corrected chi connectivity index (χ0v) is 12.3. The molecule has 5 heteroatoms. The van der Waals surface area contributed by atoms with Crippen LogP contribution in [0.3, 0.4) is 0 Å². The van der Waals surface area contributed by atoms with Crippen LogP contribution in [0, 0.1) is 11.7 Å².